The Bertz CT molecular complexity index is 275. The highest BCUT2D eigenvalue weighted by Crippen LogP contribution is 2.23. The summed E-state index contributed by atoms with van der Waals surface area (Å²) in [5, 5.41) is 1.45. The van der Waals surface area contributed by atoms with E-state index < -0.39 is 9.76 Å². The van der Waals surface area contributed by atoms with Crippen LogP contribution in [0.3, 0.4) is 0 Å². The van der Waals surface area contributed by atoms with Crippen molar-refractivity contribution in [3.8, 4) is 0 Å². The van der Waals surface area contributed by atoms with Crippen LogP contribution in [-0.4, -0.2) is 15.6 Å². The van der Waals surface area contributed by atoms with Crippen LogP contribution in [0.15, 0.2) is 24.3 Å². The van der Waals surface area contributed by atoms with Gasteiger partial charge in [-0.3, -0.25) is 0 Å². The van der Waals surface area contributed by atoms with Gasteiger partial charge in [-0.05, 0) is 17.2 Å². The van der Waals surface area contributed by atoms with Crippen molar-refractivity contribution in [1.82, 2.24) is 0 Å². The highest BCUT2D eigenvalue weighted by atomic mass is 35.5. The third kappa shape index (κ3) is 1.42. The monoisotopic (exact) mass is 198 g/mol. The summed E-state index contributed by atoms with van der Waals surface area (Å²) in [6.45, 7) is 0. The Morgan fingerprint density at radius 1 is 1.42 bits per heavy atom. The Balaban J connectivity index is 2.24. The molecule has 0 fully saturated rings. The van der Waals surface area contributed by atoms with Crippen molar-refractivity contribution in [2.24, 2.45) is 0 Å². The highest BCUT2D eigenvalue weighted by molar-refractivity contribution is 6.49. The molecule has 12 heavy (non-hydrogen) atoms. The summed E-state index contributed by atoms with van der Waals surface area (Å²) in [6, 6.07) is 8.49. The van der Waals surface area contributed by atoms with Gasteiger partial charge in [0.25, 0.3) is 0 Å². The first-order valence-electron chi connectivity index (χ1n) is 4.17. The number of halogens is 1. The van der Waals surface area contributed by atoms with Crippen LogP contribution in [0.5, 0.6) is 0 Å². The van der Waals surface area contributed by atoms with Gasteiger partial charge in [-0.1, -0.05) is 24.3 Å². The fraction of sp³-hybridized carbons (Fsp3) is 0.333. The normalized spacial score (nSPS) is 22.9. The van der Waals surface area contributed by atoms with E-state index in [0.717, 1.165) is 6.42 Å². The number of hydrogen-bond donors (Lipinski definition) is 0. The molecule has 0 saturated carbocycles. The first-order valence-corrected chi connectivity index (χ1v) is 5.99. The van der Waals surface area contributed by atoms with Crippen molar-refractivity contribution in [2.75, 3.05) is 5.88 Å². The number of fused-ring (bicyclic) bond motifs is 1. The van der Waals surface area contributed by atoms with Gasteiger partial charge >= 0.3 is 0 Å². The minimum atomic E-state index is -0.435. The van der Waals surface area contributed by atoms with Crippen LogP contribution in [0, 0.1) is 0 Å². The number of benzene rings is 1. The van der Waals surface area contributed by atoms with E-state index >= 15 is 0 Å². The van der Waals surface area contributed by atoms with E-state index in [4.69, 9.17) is 16.0 Å². The summed E-state index contributed by atoms with van der Waals surface area (Å²) in [5.74, 6) is 0.688. The van der Waals surface area contributed by atoms with Crippen LogP contribution in [0.2, 0.25) is 0 Å². The second-order valence-electron chi connectivity index (χ2n) is 2.98. The first-order chi connectivity index (χ1) is 5.92. The lowest BCUT2D eigenvalue weighted by Crippen LogP contribution is -2.09. The van der Waals surface area contributed by atoms with E-state index in [0.29, 0.717) is 12.0 Å². The summed E-state index contributed by atoms with van der Waals surface area (Å²) in [7, 11) is -0.435. The fourth-order valence-corrected chi connectivity index (χ4v) is 3.27. The van der Waals surface area contributed by atoms with Crippen LogP contribution in [0.25, 0.3) is 0 Å². The number of hydrogen-bond acceptors (Lipinski definition) is 1. The predicted octanol–water partition coefficient (Wildman–Crippen LogP) is 1.10. The molecular formula is C9H11ClOSi. The second-order valence-corrected chi connectivity index (χ2v) is 4.74. The van der Waals surface area contributed by atoms with Crippen LogP contribution >= 0.6 is 11.6 Å². The summed E-state index contributed by atoms with van der Waals surface area (Å²) >= 11 is 5.68. The maximum atomic E-state index is 5.72. The second kappa shape index (κ2) is 3.60. The number of alkyl halides is 1. The van der Waals surface area contributed by atoms with E-state index in [2.05, 4.69) is 24.3 Å². The average Bonchev–Trinajstić information content (AvgIpc) is 2.50. The van der Waals surface area contributed by atoms with Crippen molar-refractivity contribution in [1.29, 1.82) is 0 Å². The Morgan fingerprint density at radius 3 is 3.08 bits per heavy atom. The van der Waals surface area contributed by atoms with Crippen LogP contribution in [0.4, 0.5) is 0 Å². The molecule has 1 aliphatic rings. The zero-order chi connectivity index (χ0) is 8.39. The molecule has 1 aromatic carbocycles. The molecule has 1 heterocycles. The van der Waals surface area contributed by atoms with Gasteiger partial charge < -0.3 is 4.43 Å². The molecular weight excluding hydrogens is 188 g/mol. The van der Waals surface area contributed by atoms with Crippen molar-refractivity contribution >= 4 is 26.6 Å². The molecule has 0 aliphatic carbocycles. The molecule has 0 saturated heterocycles. The highest BCUT2D eigenvalue weighted by Gasteiger charge is 2.21. The topological polar surface area (TPSA) is 9.23 Å². The lowest BCUT2D eigenvalue weighted by Gasteiger charge is -2.08. The molecule has 0 bridgehead atoms. The lowest BCUT2D eigenvalue weighted by molar-refractivity contribution is 0.230. The van der Waals surface area contributed by atoms with E-state index in [1.807, 2.05) is 0 Å². The zero-order valence-electron chi connectivity index (χ0n) is 6.79. The first kappa shape index (κ1) is 8.29. The molecule has 3 heteroatoms. The van der Waals surface area contributed by atoms with Gasteiger partial charge in [-0.2, -0.15) is 0 Å². The Labute approximate surface area is 79.6 Å². The Morgan fingerprint density at radius 2 is 2.25 bits per heavy atom. The molecule has 1 aliphatic heterocycles. The van der Waals surface area contributed by atoms with Gasteiger partial charge in [0.05, 0.1) is 6.10 Å². The van der Waals surface area contributed by atoms with Gasteiger partial charge in [0.1, 0.15) is 0 Å². The molecule has 64 valence electrons. The van der Waals surface area contributed by atoms with Gasteiger partial charge in [0.15, 0.2) is 9.76 Å². The molecule has 1 nitrogen and oxygen atoms in total. The average molecular weight is 199 g/mol. The van der Waals surface area contributed by atoms with Crippen LogP contribution in [-0.2, 0) is 4.43 Å². The zero-order valence-corrected chi connectivity index (χ0v) is 8.96. The molecule has 0 spiro atoms. The van der Waals surface area contributed by atoms with Gasteiger partial charge in [-0.25, -0.2) is 0 Å². The standard InChI is InChI=1S/C9H11ClOSi/c10-6-5-8-7-3-1-2-4-9(7)12-11-8/h1-4,8H,5-6,12H2. The van der Waals surface area contributed by atoms with Crippen molar-refractivity contribution < 1.29 is 4.43 Å². The van der Waals surface area contributed by atoms with E-state index in [-0.39, 0.29) is 0 Å². The molecule has 2 rings (SSSR count). The molecule has 0 amide bonds. The molecule has 1 atom stereocenters. The molecule has 1 aromatic rings. The predicted molar refractivity (Wildman–Crippen MR) is 53.8 cm³/mol. The summed E-state index contributed by atoms with van der Waals surface area (Å²) < 4.78 is 5.72. The molecule has 0 aromatic heterocycles. The summed E-state index contributed by atoms with van der Waals surface area (Å²) in [5.41, 5.74) is 1.38. The minimum absolute atomic E-state index is 0.297. The smallest absolute Gasteiger partial charge is 0.193 e. The van der Waals surface area contributed by atoms with Crippen molar-refractivity contribution in [3.05, 3.63) is 29.8 Å². The van der Waals surface area contributed by atoms with Crippen LogP contribution in [0.1, 0.15) is 18.1 Å². The maximum absolute atomic E-state index is 5.72. The Kier molecular flexibility index (Phi) is 2.49. The van der Waals surface area contributed by atoms with E-state index in [1.54, 1.807) is 0 Å². The largest absolute Gasteiger partial charge is 0.412 e. The molecule has 0 N–H and O–H groups in total. The third-order valence-corrected chi connectivity index (χ3v) is 3.96. The van der Waals surface area contributed by atoms with Gasteiger partial charge in [0, 0.05) is 5.88 Å². The fourth-order valence-electron chi connectivity index (χ4n) is 1.60. The molecule has 1 unspecified atom stereocenters. The summed E-state index contributed by atoms with van der Waals surface area (Å²) in [6.07, 6.45) is 1.25. The quantitative estimate of drug-likeness (QED) is 0.511. The number of rotatable bonds is 2. The van der Waals surface area contributed by atoms with Crippen molar-refractivity contribution in [2.45, 2.75) is 12.5 Å². The maximum Gasteiger partial charge on any atom is 0.193 e. The Hall–Kier alpha value is -0.313. The van der Waals surface area contributed by atoms with Crippen LogP contribution < -0.4 is 5.19 Å². The van der Waals surface area contributed by atoms with E-state index in [1.165, 1.54) is 10.8 Å². The SMILES string of the molecule is ClCCC1O[SiH2]c2ccccc21. The van der Waals surface area contributed by atoms with Crippen molar-refractivity contribution in [3.63, 3.8) is 0 Å². The minimum Gasteiger partial charge on any atom is -0.412 e. The van der Waals surface area contributed by atoms with Gasteiger partial charge in [0.2, 0.25) is 0 Å². The summed E-state index contributed by atoms with van der Waals surface area (Å²) in [4.78, 5) is 0. The lowest BCUT2D eigenvalue weighted by atomic mass is 10.1. The van der Waals surface area contributed by atoms with E-state index in [9.17, 15) is 0 Å². The third-order valence-electron chi connectivity index (χ3n) is 2.21. The molecule has 0 radical (unpaired) electrons. The van der Waals surface area contributed by atoms with Gasteiger partial charge in [-0.15, -0.1) is 11.6 Å².